The molecule has 0 saturated carbocycles. The van der Waals surface area contributed by atoms with Crippen molar-refractivity contribution in [1.82, 2.24) is 0 Å². The number of rotatable bonds is 2. The summed E-state index contributed by atoms with van der Waals surface area (Å²) in [6, 6.07) is 8.12. The van der Waals surface area contributed by atoms with Crippen LogP contribution in [0, 0.1) is 12.8 Å². The zero-order valence-corrected chi connectivity index (χ0v) is 10.1. The molecule has 16 heavy (non-hydrogen) atoms. The lowest BCUT2D eigenvalue weighted by molar-refractivity contribution is -0.0724. The van der Waals surface area contributed by atoms with Crippen molar-refractivity contribution in [2.45, 2.75) is 32.3 Å². The summed E-state index contributed by atoms with van der Waals surface area (Å²) in [5.41, 5.74) is 1.42. The number of ether oxygens (including phenoxy) is 1. The van der Waals surface area contributed by atoms with Gasteiger partial charge in [-0.3, -0.25) is 0 Å². The summed E-state index contributed by atoms with van der Waals surface area (Å²) < 4.78 is 5.46. The highest BCUT2D eigenvalue weighted by atomic mass is 16.5. The third kappa shape index (κ3) is 2.28. The zero-order chi connectivity index (χ0) is 11.6. The average Bonchev–Trinajstić information content (AvgIpc) is 2.30. The Morgan fingerprint density at radius 2 is 2.25 bits per heavy atom. The third-order valence-corrected chi connectivity index (χ3v) is 3.56. The first-order chi connectivity index (χ1) is 7.60. The molecule has 1 saturated heterocycles. The Balaban J connectivity index is 2.22. The van der Waals surface area contributed by atoms with Gasteiger partial charge < -0.3 is 9.84 Å². The molecule has 0 amide bonds. The standard InChI is InChI=1S/C14H20O2/c1-11-5-3-6-12(9-11)14(2,15)13-7-4-8-16-10-13/h3,5-6,9,13,15H,4,7-8,10H2,1-2H3. The minimum absolute atomic E-state index is 0.211. The number of aliphatic hydroxyl groups is 1. The summed E-state index contributed by atoms with van der Waals surface area (Å²) in [6.07, 6.45) is 2.09. The molecule has 1 aromatic carbocycles. The first-order valence-electron chi connectivity index (χ1n) is 5.98. The Hall–Kier alpha value is -0.860. The van der Waals surface area contributed by atoms with Gasteiger partial charge in [-0.15, -0.1) is 0 Å². The lowest BCUT2D eigenvalue weighted by Crippen LogP contribution is -2.37. The van der Waals surface area contributed by atoms with Crippen LogP contribution in [0.25, 0.3) is 0 Å². The summed E-state index contributed by atoms with van der Waals surface area (Å²) in [5.74, 6) is 0.211. The van der Waals surface area contributed by atoms with Crippen LogP contribution in [0.15, 0.2) is 24.3 Å². The van der Waals surface area contributed by atoms with Gasteiger partial charge in [0.25, 0.3) is 0 Å². The van der Waals surface area contributed by atoms with Crippen molar-refractivity contribution < 1.29 is 9.84 Å². The molecule has 2 rings (SSSR count). The SMILES string of the molecule is Cc1cccc(C(C)(O)C2CCCOC2)c1. The monoisotopic (exact) mass is 220 g/mol. The molecule has 2 heteroatoms. The van der Waals surface area contributed by atoms with Crippen molar-refractivity contribution in [2.24, 2.45) is 5.92 Å². The Bertz CT molecular complexity index is 352. The molecule has 1 heterocycles. The summed E-state index contributed by atoms with van der Waals surface area (Å²) in [5, 5.41) is 10.7. The van der Waals surface area contributed by atoms with Crippen LogP contribution in [0.5, 0.6) is 0 Å². The van der Waals surface area contributed by atoms with Gasteiger partial charge in [-0.1, -0.05) is 29.8 Å². The van der Waals surface area contributed by atoms with E-state index >= 15 is 0 Å². The number of benzene rings is 1. The smallest absolute Gasteiger partial charge is 0.0918 e. The topological polar surface area (TPSA) is 29.5 Å². The van der Waals surface area contributed by atoms with Gasteiger partial charge in [0.15, 0.2) is 0 Å². The average molecular weight is 220 g/mol. The summed E-state index contributed by atoms with van der Waals surface area (Å²) in [7, 11) is 0. The van der Waals surface area contributed by atoms with E-state index in [0.29, 0.717) is 6.61 Å². The predicted molar refractivity (Wildman–Crippen MR) is 64.3 cm³/mol. The van der Waals surface area contributed by atoms with Crippen molar-refractivity contribution in [2.75, 3.05) is 13.2 Å². The van der Waals surface area contributed by atoms with Crippen LogP contribution in [0.4, 0.5) is 0 Å². The number of aryl methyl sites for hydroxylation is 1. The quantitative estimate of drug-likeness (QED) is 0.830. The van der Waals surface area contributed by atoms with Crippen molar-refractivity contribution in [3.05, 3.63) is 35.4 Å². The largest absolute Gasteiger partial charge is 0.385 e. The van der Waals surface area contributed by atoms with E-state index in [1.807, 2.05) is 19.1 Å². The molecule has 1 N–H and O–H groups in total. The molecule has 1 aromatic rings. The molecule has 1 aliphatic rings. The van der Waals surface area contributed by atoms with Gasteiger partial charge in [0.05, 0.1) is 12.2 Å². The molecule has 88 valence electrons. The minimum Gasteiger partial charge on any atom is -0.385 e. The Kier molecular flexibility index (Phi) is 3.31. The van der Waals surface area contributed by atoms with Crippen molar-refractivity contribution in [1.29, 1.82) is 0 Å². The van der Waals surface area contributed by atoms with E-state index in [1.54, 1.807) is 0 Å². The summed E-state index contributed by atoms with van der Waals surface area (Å²) >= 11 is 0. The molecule has 0 aliphatic carbocycles. The zero-order valence-electron chi connectivity index (χ0n) is 10.1. The van der Waals surface area contributed by atoms with Gasteiger partial charge in [-0.05, 0) is 32.3 Å². The normalized spacial score (nSPS) is 25.1. The summed E-state index contributed by atoms with van der Waals surface area (Å²) in [4.78, 5) is 0. The van der Waals surface area contributed by atoms with Crippen LogP contribution >= 0.6 is 0 Å². The fourth-order valence-electron chi connectivity index (χ4n) is 2.38. The van der Waals surface area contributed by atoms with Gasteiger partial charge in [0.1, 0.15) is 0 Å². The molecule has 2 nitrogen and oxygen atoms in total. The van der Waals surface area contributed by atoms with Crippen LogP contribution in [0.2, 0.25) is 0 Å². The van der Waals surface area contributed by atoms with Crippen LogP contribution in [0.1, 0.15) is 30.9 Å². The Morgan fingerprint density at radius 1 is 1.44 bits per heavy atom. The third-order valence-electron chi connectivity index (χ3n) is 3.56. The minimum atomic E-state index is -0.771. The maximum atomic E-state index is 10.7. The van der Waals surface area contributed by atoms with Gasteiger partial charge in [0, 0.05) is 12.5 Å². The van der Waals surface area contributed by atoms with Crippen LogP contribution in [0.3, 0.4) is 0 Å². The highest BCUT2D eigenvalue weighted by Crippen LogP contribution is 2.34. The van der Waals surface area contributed by atoms with E-state index in [4.69, 9.17) is 4.74 Å². The van der Waals surface area contributed by atoms with E-state index in [0.717, 1.165) is 25.0 Å². The van der Waals surface area contributed by atoms with Gasteiger partial charge in [-0.25, -0.2) is 0 Å². The molecule has 0 aromatic heterocycles. The first kappa shape index (κ1) is 11.6. The molecular formula is C14H20O2. The second-order valence-corrected chi connectivity index (χ2v) is 4.93. The molecule has 1 aliphatic heterocycles. The van der Waals surface area contributed by atoms with E-state index in [2.05, 4.69) is 19.1 Å². The van der Waals surface area contributed by atoms with Gasteiger partial charge >= 0.3 is 0 Å². The van der Waals surface area contributed by atoms with Gasteiger partial charge in [0.2, 0.25) is 0 Å². The molecular weight excluding hydrogens is 200 g/mol. The lowest BCUT2D eigenvalue weighted by atomic mass is 9.79. The highest BCUT2D eigenvalue weighted by molar-refractivity contribution is 5.27. The maximum Gasteiger partial charge on any atom is 0.0918 e. The highest BCUT2D eigenvalue weighted by Gasteiger charge is 2.34. The van der Waals surface area contributed by atoms with E-state index in [9.17, 15) is 5.11 Å². The number of hydrogen-bond acceptors (Lipinski definition) is 2. The predicted octanol–water partition coefficient (Wildman–Crippen LogP) is 2.63. The first-order valence-corrected chi connectivity index (χ1v) is 5.98. The molecule has 0 spiro atoms. The lowest BCUT2D eigenvalue weighted by Gasteiger charge is -2.36. The van der Waals surface area contributed by atoms with Crippen molar-refractivity contribution >= 4 is 0 Å². The fourth-order valence-corrected chi connectivity index (χ4v) is 2.38. The molecule has 0 radical (unpaired) electrons. The van der Waals surface area contributed by atoms with Gasteiger partial charge in [-0.2, -0.15) is 0 Å². The van der Waals surface area contributed by atoms with E-state index < -0.39 is 5.60 Å². The van der Waals surface area contributed by atoms with Crippen LogP contribution in [-0.4, -0.2) is 18.3 Å². The van der Waals surface area contributed by atoms with Crippen LogP contribution < -0.4 is 0 Å². The molecule has 2 atom stereocenters. The molecule has 1 fully saturated rings. The maximum absolute atomic E-state index is 10.7. The number of hydrogen-bond donors (Lipinski definition) is 1. The second kappa shape index (κ2) is 4.56. The van der Waals surface area contributed by atoms with Crippen molar-refractivity contribution in [3.63, 3.8) is 0 Å². The Morgan fingerprint density at radius 3 is 2.88 bits per heavy atom. The Labute approximate surface area is 97.3 Å². The summed E-state index contributed by atoms with van der Waals surface area (Å²) in [6.45, 7) is 5.46. The van der Waals surface area contributed by atoms with Crippen molar-refractivity contribution in [3.8, 4) is 0 Å². The second-order valence-electron chi connectivity index (χ2n) is 4.93. The van der Waals surface area contributed by atoms with Crippen LogP contribution in [-0.2, 0) is 10.3 Å². The fraction of sp³-hybridized carbons (Fsp3) is 0.571. The molecule has 2 unspecified atom stereocenters. The van der Waals surface area contributed by atoms with E-state index in [1.165, 1.54) is 5.56 Å². The van der Waals surface area contributed by atoms with E-state index in [-0.39, 0.29) is 5.92 Å². The molecule has 0 bridgehead atoms.